The summed E-state index contributed by atoms with van der Waals surface area (Å²) >= 11 is 0. The zero-order chi connectivity index (χ0) is 8.27. The number of ether oxygens (including phenoxy) is 1. The second-order valence-electron chi connectivity index (χ2n) is 2.33. The third kappa shape index (κ3) is 1.37. The van der Waals surface area contributed by atoms with Crippen LogP contribution in [0.2, 0.25) is 0 Å². The quantitative estimate of drug-likeness (QED) is 0.542. The van der Waals surface area contributed by atoms with Crippen molar-refractivity contribution in [2.45, 2.75) is 13.3 Å². The molecule has 0 aliphatic carbocycles. The van der Waals surface area contributed by atoms with Gasteiger partial charge in [-0.1, -0.05) is 0 Å². The van der Waals surface area contributed by atoms with E-state index in [0.717, 1.165) is 6.54 Å². The van der Waals surface area contributed by atoms with Gasteiger partial charge in [0.05, 0.1) is 0 Å². The normalized spacial score (nSPS) is 22.1. The van der Waals surface area contributed by atoms with Crippen LogP contribution in [0.4, 0.5) is 0 Å². The molecule has 11 heavy (non-hydrogen) atoms. The smallest absolute Gasteiger partial charge is 0.290 e. The maximum Gasteiger partial charge on any atom is 0.290 e. The fourth-order valence-corrected chi connectivity index (χ4v) is 1.03. The fraction of sp³-hybridized carbons (Fsp3) is 0.571. The molecule has 0 aromatic heterocycles. The van der Waals surface area contributed by atoms with Gasteiger partial charge in [0.25, 0.3) is 12.6 Å². The van der Waals surface area contributed by atoms with Crippen LogP contribution in [-0.4, -0.2) is 29.7 Å². The Morgan fingerprint density at radius 2 is 2.36 bits per heavy atom. The Hall–Kier alpha value is -1.37. The van der Waals surface area contributed by atoms with Crippen LogP contribution in [0.3, 0.4) is 0 Å². The molecule has 4 nitrogen and oxygen atoms in total. The molecule has 0 fully saturated rings. The summed E-state index contributed by atoms with van der Waals surface area (Å²) in [4.78, 5) is 3.77. The van der Waals surface area contributed by atoms with Gasteiger partial charge >= 0.3 is 0 Å². The maximum atomic E-state index is 8.30. The summed E-state index contributed by atoms with van der Waals surface area (Å²) in [7, 11) is 1.87. The Balaban J connectivity index is 2.56. The lowest BCUT2D eigenvalue weighted by Gasteiger charge is -2.25. The van der Waals surface area contributed by atoms with Crippen molar-refractivity contribution in [2.75, 3.05) is 13.6 Å². The van der Waals surface area contributed by atoms with Gasteiger partial charge < -0.3 is 14.5 Å². The van der Waals surface area contributed by atoms with Crippen molar-refractivity contribution in [3.63, 3.8) is 0 Å². The molecule has 0 amide bonds. The summed E-state index contributed by atoms with van der Waals surface area (Å²) in [6, 6.07) is 0. The SMILES string of the molecule is CCN1C=CN(C)C1OC#N. The predicted molar refractivity (Wildman–Crippen MR) is 39.8 cm³/mol. The van der Waals surface area contributed by atoms with Crippen molar-refractivity contribution < 1.29 is 4.74 Å². The Bertz CT molecular complexity index is 196. The lowest BCUT2D eigenvalue weighted by Crippen LogP contribution is -2.37. The minimum Gasteiger partial charge on any atom is -0.382 e. The van der Waals surface area contributed by atoms with Crippen molar-refractivity contribution >= 4 is 0 Å². The number of rotatable bonds is 2. The van der Waals surface area contributed by atoms with Crippen LogP contribution in [0.1, 0.15) is 6.92 Å². The lowest BCUT2D eigenvalue weighted by molar-refractivity contribution is -0.0358. The van der Waals surface area contributed by atoms with Gasteiger partial charge in [-0.25, -0.2) is 0 Å². The third-order valence-electron chi connectivity index (χ3n) is 1.65. The first-order valence-corrected chi connectivity index (χ1v) is 3.50. The van der Waals surface area contributed by atoms with Gasteiger partial charge in [0, 0.05) is 26.0 Å². The van der Waals surface area contributed by atoms with E-state index in [4.69, 9.17) is 10.00 Å². The topological polar surface area (TPSA) is 39.5 Å². The molecule has 0 saturated heterocycles. The molecule has 1 atom stereocenters. The number of nitriles is 1. The molecular weight excluding hydrogens is 142 g/mol. The van der Waals surface area contributed by atoms with Gasteiger partial charge in [-0.2, -0.15) is 5.26 Å². The van der Waals surface area contributed by atoms with E-state index in [0.29, 0.717) is 0 Å². The molecule has 0 aromatic carbocycles. The van der Waals surface area contributed by atoms with Crippen LogP contribution in [0.15, 0.2) is 12.4 Å². The average molecular weight is 153 g/mol. The minimum atomic E-state index is -0.245. The Labute approximate surface area is 66.3 Å². The summed E-state index contributed by atoms with van der Waals surface area (Å²) in [5.41, 5.74) is 0. The predicted octanol–water partition coefficient (Wildman–Crippen LogP) is 0.506. The van der Waals surface area contributed by atoms with Gasteiger partial charge in [-0.3, -0.25) is 0 Å². The van der Waals surface area contributed by atoms with Crippen LogP contribution >= 0.6 is 0 Å². The van der Waals surface area contributed by atoms with E-state index < -0.39 is 0 Å². The lowest BCUT2D eigenvalue weighted by atomic mass is 10.6. The molecule has 1 rings (SSSR count). The second kappa shape index (κ2) is 3.15. The van der Waals surface area contributed by atoms with Gasteiger partial charge in [0.15, 0.2) is 0 Å². The Kier molecular flexibility index (Phi) is 2.21. The summed E-state index contributed by atoms with van der Waals surface area (Å²) in [5, 5.41) is 8.30. The maximum absolute atomic E-state index is 8.30. The number of nitrogens with zero attached hydrogens (tertiary/aromatic N) is 3. The first-order chi connectivity index (χ1) is 5.29. The summed E-state index contributed by atoms with van der Waals surface area (Å²) < 4.78 is 4.81. The molecular formula is C7H11N3O. The van der Waals surface area contributed by atoms with E-state index in [1.165, 1.54) is 0 Å². The first-order valence-electron chi connectivity index (χ1n) is 3.50. The van der Waals surface area contributed by atoms with Crippen LogP contribution in [0.5, 0.6) is 0 Å². The molecule has 0 saturated carbocycles. The van der Waals surface area contributed by atoms with E-state index in [2.05, 4.69) is 0 Å². The van der Waals surface area contributed by atoms with Gasteiger partial charge in [0.1, 0.15) is 0 Å². The molecule has 4 heteroatoms. The van der Waals surface area contributed by atoms with Crippen molar-refractivity contribution in [3.8, 4) is 6.26 Å². The first kappa shape index (κ1) is 7.73. The van der Waals surface area contributed by atoms with Crippen LogP contribution in [-0.2, 0) is 4.74 Å². The minimum absolute atomic E-state index is 0.245. The van der Waals surface area contributed by atoms with Crippen molar-refractivity contribution in [3.05, 3.63) is 12.4 Å². The molecule has 0 bridgehead atoms. The van der Waals surface area contributed by atoms with Crippen molar-refractivity contribution in [2.24, 2.45) is 0 Å². The molecule has 0 aromatic rings. The van der Waals surface area contributed by atoms with Gasteiger partial charge in [0.2, 0.25) is 0 Å². The molecule has 1 aliphatic heterocycles. The van der Waals surface area contributed by atoms with E-state index in [1.54, 1.807) is 6.26 Å². The highest BCUT2D eigenvalue weighted by Gasteiger charge is 2.23. The zero-order valence-corrected chi connectivity index (χ0v) is 6.69. The van der Waals surface area contributed by atoms with Crippen LogP contribution in [0.25, 0.3) is 0 Å². The number of hydrogen-bond acceptors (Lipinski definition) is 4. The average Bonchev–Trinajstić information content (AvgIpc) is 2.34. The van der Waals surface area contributed by atoms with Crippen LogP contribution < -0.4 is 0 Å². The zero-order valence-electron chi connectivity index (χ0n) is 6.69. The summed E-state index contributed by atoms with van der Waals surface area (Å²) in [5.74, 6) is 0. The third-order valence-corrected chi connectivity index (χ3v) is 1.65. The molecule has 1 unspecified atom stereocenters. The van der Waals surface area contributed by atoms with E-state index >= 15 is 0 Å². The molecule has 0 spiro atoms. The standard InChI is InChI=1S/C7H11N3O/c1-3-10-5-4-9(2)7(10)11-6-8/h4-5,7H,3H2,1-2H3. The monoisotopic (exact) mass is 153 g/mol. The molecule has 1 aliphatic rings. The van der Waals surface area contributed by atoms with E-state index in [-0.39, 0.29) is 6.35 Å². The van der Waals surface area contributed by atoms with Crippen molar-refractivity contribution in [1.29, 1.82) is 5.26 Å². The van der Waals surface area contributed by atoms with Crippen LogP contribution in [0, 0.1) is 11.5 Å². The van der Waals surface area contributed by atoms with E-state index in [1.807, 2.05) is 36.2 Å². The molecule has 0 radical (unpaired) electrons. The number of hydrogen-bond donors (Lipinski definition) is 0. The highest BCUT2D eigenvalue weighted by atomic mass is 16.5. The molecule has 0 N–H and O–H groups in total. The highest BCUT2D eigenvalue weighted by Crippen LogP contribution is 2.13. The summed E-state index contributed by atoms with van der Waals surface area (Å²) in [6.07, 6.45) is 5.22. The Morgan fingerprint density at radius 3 is 2.91 bits per heavy atom. The van der Waals surface area contributed by atoms with Gasteiger partial charge in [-0.15, -0.1) is 0 Å². The molecule has 60 valence electrons. The highest BCUT2D eigenvalue weighted by molar-refractivity contribution is 4.92. The fourth-order valence-electron chi connectivity index (χ4n) is 1.03. The van der Waals surface area contributed by atoms with E-state index in [9.17, 15) is 0 Å². The second-order valence-corrected chi connectivity index (χ2v) is 2.33. The Morgan fingerprint density at radius 1 is 1.64 bits per heavy atom. The molecule has 1 heterocycles. The van der Waals surface area contributed by atoms with Crippen molar-refractivity contribution in [1.82, 2.24) is 9.80 Å². The van der Waals surface area contributed by atoms with Gasteiger partial charge in [-0.05, 0) is 6.92 Å². The summed E-state index contributed by atoms with van der Waals surface area (Å²) in [6.45, 7) is 2.85. The largest absolute Gasteiger partial charge is 0.382 e.